The second-order valence-electron chi connectivity index (χ2n) is 4.92. The molecule has 0 radical (unpaired) electrons. The minimum absolute atomic E-state index is 0.0706. The molecule has 2 aromatic rings. The summed E-state index contributed by atoms with van der Waals surface area (Å²) in [7, 11) is 0. The molecular weight excluding hydrogens is 290 g/mol. The number of rotatable bonds is 1. The van der Waals surface area contributed by atoms with E-state index in [-0.39, 0.29) is 18.1 Å². The molecule has 1 aliphatic rings. The molecular formula is C15H14F2N4O. The number of benzene rings is 1. The molecule has 22 heavy (non-hydrogen) atoms. The van der Waals surface area contributed by atoms with Crippen LogP contribution < -0.4 is 5.73 Å². The van der Waals surface area contributed by atoms with Crippen LogP contribution in [0.5, 0.6) is 0 Å². The van der Waals surface area contributed by atoms with Gasteiger partial charge in [0, 0.05) is 30.1 Å². The molecule has 3 rings (SSSR count). The lowest BCUT2D eigenvalue weighted by Gasteiger charge is -2.21. The van der Waals surface area contributed by atoms with Crippen molar-refractivity contribution in [2.75, 3.05) is 13.2 Å². The summed E-state index contributed by atoms with van der Waals surface area (Å²) < 4.78 is 33.7. The zero-order chi connectivity index (χ0) is 15.6. The van der Waals surface area contributed by atoms with Crippen LogP contribution in [0.4, 0.5) is 8.78 Å². The number of halogens is 2. The second kappa shape index (κ2) is 5.67. The van der Waals surface area contributed by atoms with E-state index in [1.165, 1.54) is 12.4 Å². The van der Waals surface area contributed by atoms with E-state index in [4.69, 9.17) is 10.5 Å². The molecule has 1 aromatic heterocycles. The van der Waals surface area contributed by atoms with E-state index in [9.17, 15) is 8.78 Å². The zero-order valence-electron chi connectivity index (χ0n) is 11.7. The monoisotopic (exact) mass is 304 g/mol. The molecule has 0 aliphatic carbocycles. The Morgan fingerprint density at radius 3 is 2.73 bits per heavy atom. The number of hydrogen-bond acceptors (Lipinski definition) is 5. The predicted octanol–water partition coefficient (Wildman–Crippen LogP) is 2.12. The van der Waals surface area contributed by atoms with Crippen molar-refractivity contribution in [1.29, 1.82) is 0 Å². The SMILES string of the molecule is NC1=NCCc2c(-c3cncnc3)cccc2C(F)(F)CO1. The van der Waals surface area contributed by atoms with Crippen molar-refractivity contribution in [3.63, 3.8) is 0 Å². The summed E-state index contributed by atoms with van der Waals surface area (Å²) >= 11 is 0. The van der Waals surface area contributed by atoms with E-state index in [1.807, 2.05) is 0 Å². The van der Waals surface area contributed by atoms with Gasteiger partial charge in [-0.1, -0.05) is 18.2 Å². The number of hydrogen-bond donors (Lipinski definition) is 1. The Labute approximate surface area is 125 Å². The van der Waals surface area contributed by atoms with E-state index in [0.29, 0.717) is 23.1 Å². The molecule has 5 nitrogen and oxygen atoms in total. The molecule has 0 spiro atoms. The van der Waals surface area contributed by atoms with Gasteiger partial charge in [-0.3, -0.25) is 0 Å². The number of aliphatic imine (C=N–C) groups is 1. The molecule has 1 aromatic carbocycles. The van der Waals surface area contributed by atoms with Gasteiger partial charge in [0.25, 0.3) is 6.02 Å². The largest absolute Gasteiger partial charge is 0.459 e. The first-order chi connectivity index (χ1) is 10.6. The third kappa shape index (κ3) is 2.74. The van der Waals surface area contributed by atoms with E-state index in [1.54, 1.807) is 24.5 Å². The molecule has 0 bridgehead atoms. The normalized spacial score (nSPS) is 17.3. The van der Waals surface area contributed by atoms with Gasteiger partial charge >= 0.3 is 5.92 Å². The molecule has 7 heteroatoms. The summed E-state index contributed by atoms with van der Waals surface area (Å²) in [5, 5.41) is 0. The Balaban J connectivity index is 2.15. The number of alkyl halides is 2. The van der Waals surface area contributed by atoms with E-state index in [2.05, 4.69) is 15.0 Å². The molecule has 0 saturated carbocycles. The van der Waals surface area contributed by atoms with Crippen LogP contribution in [0.2, 0.25) is 0 Å². The van der Waals surface area contributed by atoms with E-state index < -0.39 is 12.5 Å². The number of nitrogens with two attached hydrogens (primary N) is 1. The molecule has 0 amide bonds. The third-order valence-corrected chi connectivity index (χ3v) is 3.47. The van der Waals surface area contributed by atoms with Gasteiger partial charge < -0.3 is 10.5 Å². The maximum atomic E-state index is 14.4. The topological polar surface area (TPSA) is 73.4 Å². The minimum Gasteiger partial charge on any atom is -0.459 e. The van der Waals surface area contributed by atoms with Gasteiger partial charge in [0.15, 0.2) is 6.61 Å². The summed E-state index contributed by atoms with van der Waals surface area (Å²) in [6.07, 6.45) is 4.93. The number of aromatic nitrogens is 2. The van der Waals surface area contributed by atoms with Crippen LogP contribution in [0.3, 0.4) is 0 Å². The lowest BCUT2D eigenvalue weighted by Crippen LogP contribution is -2.27. The second-order valence-corrected chi connectivity index (χ2v) is 4.92. The average Bonchev–Trinajstić information content (AvgIpc) is 2.58. The molecule has 114 valence electrons. The maximum Gasteiger partial charge on any atom is 0.306 e. The highest BCUT2D eigenvalue weighted by Gasteiger charge is 2.36. The predicted molar refractivity (Wildman–Crippen MR) is 77.5 cm³/mol. The van der Waals surface area contributed by atoms with Crippen LogP contribution in [-0.2, 0) is 17.1 Å². The van der Waals surface area contributed by atoms with Crippen molar-refractivity contribution in [2.45, 2.75) is 12.3 Å². The fourth-order valence-corrected chi connectivity index (χ4v) is 2.47. The summed E-state index contributed by atoms with van der Waals surface area (Å²) in [4.78, 5) is 11.8. The highest BCUT2D eigenvalue weighted by atomic mass is 19.3. The molecule has 0 unspecified atom stereocenters. The van der Waals surface area contributed by atoms with Crippen LogP contribution in [0, 0.1) is 0 Å². The highest BCUT2D eigenvalue weighted by molar-refractivity contribution is 5.72. The molecule has 0 fully saturated rings. The van der Waals surface area contributed by atoms with Gasteiger partial charge in [0.1, 0.15) is 6.33 Å². The van der Waals surface area contributed by atoms with Crippen LogP contribution in [0.15, 0.2) is 41.9 Å². The zero-order valence-corrected chi connectivity index (χ0v) is 11.7. The van der Waals surface area contributed by atoms with Crippen molar-refractivity contribution in [3.05, 3.63) is 48.0 Å². The Bertz CT molecular complexity index is 704. The number of nitrogens with zero attached hydrogens (tertiary/aromatic N) is 3. The van der Waals surface area contributed by atoms with Gasteiger partial charge in [0.2, 0.25) is 0 Å². The van der Waals surface area contributed by atoms with Crippen LogP contribution >= 0.6 is 0 Å². The number of fused-ring (bicyclic) bond motifs is 1. The van der Waals surface area contributed by atoms with Gasteiger partial charge in [0.05, 0.1) is 0 Å². The van der Waals surface area contributed by atoms with Crippen molar-refractivity contribution in [1.82, 2.24) is 9.97 Å². The molecule has 2 N–H and O–H groups in total. The smallest absolute Gasteiger partial charge is 0.306 e. The first-order valence-electron chi connectivity index (χ1n) is 6.76. The molecule has 1 aliphatic heterocycles. The average molecular weight is 304 g/mol. The van der Waals surface area contributed by atoms with Gasteiger partial charge in [-0.05, 0) is 17.5 Å². The van der Waals surface area contributed by atoms with Gasteiger partial charge in [-0.25, -0.2) is 15.0 Å². The van der Waals surface area contributed by atoms with Crippen LogP contribution in [0.25, 0.3) is 11.1 Å². The lowest BCUT2D eigenvalue weighted by atomic mass is 9.91. The Kier molecular flexibility index (Phi) is 3.70. The first kappa shape index (κ1) is 14.4. The Morgan fingerprint density at radius 2 is 1.95 bits per heavy atom. The molecule has 0 saturated heterocycles. The van der Waals surface area contributed by atoms with Crippen molar-refractivity contribution < 1.29 is 13.5 Å². The minimum atomic E-state index is -3.15. The Hall–Kier alpha value is -2.57. The maximum absolute atomic E-state index is 14.4. The number of amidine groups is 1. The van der Waals surface area contributed by atoms with Crippen molar-refractivity contribution in [3.8, 4) is 11.1 Å². The fraction of sp³-hybridized carbons (Fsp3) is 0.267. The molecule has 0 atom stereocenters. The van der Waals surface area contributed by atoms with Crippen molar-refractivity contribution >= 4 is 6.02 Å². The third-order valence-electron chi connectivity index (χ3n) is 3.47. The summed E-state index contributed by atoms with van der Waals surface area (Å²) in [6, 6.07) is 4.57. The molecule has 2 heterocycles. The van der Waals surface area contributed by atoms with E-state index >= 15 is 0 Å². The van der Waals surface area contributed by atoms with Gasteiger partial charge in [-0.15, -0.1) is 0 Å². The van der Waals surface area contributed by atoms with Crippen LogP contribution in [0.1, 0.15) is 11.1 Å². The fourth-order valence-electron chi connectivity index (χ4n) is 2.47. The Morgan fingerprint density at radius 1 is 1.18 bits per heavy atom. The van der Waals surface area contributed by atoms with Crippen molar-refractivity contribution in [2.24, 2.45) is 10.7 Å². The highest BCUT2D eigenvalue weighted by Crippen LogP contribution is 2.36. The van der Waals surface area contributed by atoms with Crippen LogP contribution in [-0.4, -0.2) is 29.1 Å². The standard InChI is InChI=1S/C15H14F2N4O/c16-15(17)8-22-14(18)21-5-4-12-11(2-1-3-13(12)15)10-6-19-9-20-7-10/h1-3,6-7,9H,4-5,8H2,(H2,18,21). The quantitative estimate of drug-likeness (QED) is 0.876. The summed E-state index contributed by atoms with van der Waals surface area (Å²) in [6.45, 7) is -0.552. The van der Waals surface area contributed by atoms with E-state index in [0.717, 1.165) is 0 Å². The first-order valence-corrected chi connectivity index (χ1v) is 6.76. The number of ether oxygens (including phenoxy) is 1. The summed E-state index contributed by atoms with van der Waals surface area (Å²) in [5.41, 5.74) is 7.26. The lowest BCUT2D eigenvalue weighted by molar-refractivity contribution is -0.0514. The van der Waals surface area contributed by atoms with Gasteiger partial charge in [-0.2, -0.15) is 8.78 Å². The summed E-state index contributed by atoms with van der Waals surface area (Å²) in [5.74, 6) is -3.15.